The number of imide groups is 1. The van der Waals surface area contributed by atoms with Gasteiger partial charge in [0.05, 0.1) is 18.2 Å². The number of quaternary nitrogens is 1. The van der Waals surface area contributed by atoms with E-state index in [0.29, 0.717) is 23.6 Å². The van der Waals surface area contributed by atoms with Gasteiger partial charge in [0, 0.05) is 5.41 Å². The second-order valence-corrected chi connectivity index (χ2v) is 9.97. The fraction of sp³-hybridized carbons (Fsp3) is 0.652. The third-order valence-corrected chi connectivity index (χ3v) is 8.05. The molecule has 1 aromatic carbocycles. The molecule has 0 unspecified atom stereocenters. The number of aryl methyl sites for hydroxylation is 1. The molecular formula is C23H31N2O2+. The number of rotatable bonds is 4. The third-order valence-electron chi connectivity index (χ3n) is 8.05. The molecular weight excluding hydrogens is 336 g/mol. The van der Waals surface area contributed by atoms with Crippen LogP contribution >= 0.6 is 0 Å². The Morgan fingerprint density at radius 3 is 2.11 bits per heavy atom. The van der Waals surface area contributed by atoms with Crippen LogP contribution in [0, 0.1) is 30.1 Å². The minimum absolute atomic E-state index is 0.0274. The number of nitrogens with zero attached hydrogens (tertiary/aromatic N) is 1. The molecule has 0 aromatic heterocycles. The number of carbonyl (C=O) groups is 2. The summed E-state index contributed by atoms with van der Waals surface area (Å²) in [4.78, 5) is 27.0. The topological polar surface area (TPSA) is 54.0 Å². The SMILES string of the molecule is Cc1ccc(N2C(=O)C[C@@H]([NH2+][C@H](C)C34CC5CC(CC(C5)C3)C4)C2=O)cc1. The summed E-state index contributed by atoms with van der Waals surface area (Å²) in [5, 5.41) is 2.25. The molecule has 1 aliphatic heterocycles. The zero-order chi connectivity index (χ0) is 18.8. The van der Waals surface area contributed by atoms with Gasteiger partial charge < -0.3 is 5.32 Å². The normalized spacial score (nSPS) is 38.7. The van der Waals surface area contributed by atoms with E-state index >= 15 is 0 Å². The van der Waals surface area contributed by atoms with Crippen molar-refractivity contribution in [2.75, 3.05) is 4.90 Å². The monoisotopic (exact) mass is 367 g/mol. The van der Waals surface area contributed by atoms with Gasteiger partial charge >= 0.3 is 0 Å². The van der Waals surface area contributed by atoms with Crippen LogP contribution in [0.2, 0.25) is 0 Å². The molecule has 5 aliphatic rings. The molecule has 144 valence electrons. The van der Waals surface area contributed by atoms with Gasteiger partial charge in [0.1, 0.15) is 0 Å². The number of hydrogen-bond acceptors (Lipinski definition) is 2. The average molecular weight is 368 g/mol. The van der Waals surface area contributed by atoms with Crippen molar-refractivity contribution in [2.24, 2.45) is 23.2 Å². The quantitative estimate of drug-likeness (QED) is 0.832. The summed E-state index contributed by atoms with van der Waals surface area (Å²) in [7, 11) is 0. The zero-order valence-corrected chi connectivity index (χ0v) is 16.5. The molecule has 0 spiro atoms. The number of anilines is 1. The number of carbonyl (C=O) groups excluding carboxylic acids is 2. The Balaban J connectivity index is 1.32. The summed E-state index contributed by atoms with van der Waals surface area (Å²) in [5.41, 5.74) is 2.25. The number of benzene rings is 1. The van der Waals surface area contributed by atoms with E-state index in [1.165, 1.54) is 43.4 Å². The van der Waals surface area contributed by atoms with E-state index in [1.54, 1.807) is 0 Å². The van der Waals surface area contributed by atoms with Crippen molar-refractivity contribution in [3.05, 3.63) is 29.8 Å². The lowest BCUT2D eigenvalue weighted by molar-refractivity contribution is -0.720. The van der Waals surface area contributed by atoms with Gasteiger partial charge in [0.15, 0.2) is 6.04 Å². The van der Waals surface area contributed by atoms with Crippen LogP contribution < -0.4 is 10.2 Å². The van der Waals surface area contributed by atoms with Gasteiger partial charge in [-0.2, -0.15) is 0 Å². The molecule has 1 aromatic rings. The molecule has 6 rings (SSSR count). The first-order valence-corrected chi connectivity index (χ1v) is 10.7. The number of amides is 2. The summed E-state index contributed by atoms with van der Waals surface area (Å²) in [6.07, 6.45) is 8.67. The highest BCUT2D eigenvalue weighted by Crippen LogP contribution is 2.60. The minimum atomic E-state index is -0.248. The lowest BCUT2D eigenvalue weighted by atomic mass is 9.48. The first-order chi connectivity index (χ1) is 12.9. The van der Waals surface area contributed by atoms with Crippen LogP contribution in [0.1, 0.15) is 57.4 Å². The van der Waals surface area contributed by atoms with Crippen molar-refractivity contribution >= 4 is 17.5 Å². The molecule has 1 heterocycles. The first kappa shape index (κ1) is 17.4. The van der Waals surface area contributed by atoms with Crippen LogP contribution in [-0.2, 0) is 9.59 Å². The molecule has 4 aliphatic carbocycles. The number of nitrogens with two attached hydrogens (primary N) is 1. The van der Waals surface area contributed by atoms with Gasteiger partial charge in [-0.15, -0.1) is 0 Å². The first-order valence-electron chi connectivity index (χ1n) is 10.7. The second kappa shape index (κ2) is 6.16. The molecule has 1 saturated heterocycles. The molecule has 0 radical (unpaired) electrons. The molecule has 2 amide bonds. The summed E-state index contributed by atoms with van der Waals surface area (Å²) >= 11 is 0. The maximum atomic E-state index is 13.0. The van der Waals surface area contributed by atoms with Crippen LogP contribution in [0.5, 0.6) is 0 Å². The van der Waals surface area contributed by atoms with E-state index in [-0.39, 0.29) is 17.9 Å². The van der Waals surface area contributed by atoms with Gasteiger partial charge in [0.25, 0.3) is 5.91 Å². The largest absolute Gasteiger partial charge is 0.333 e. The third kappa shape index (κ3) is 2.84. The maximum absolute atomic E-state index is 13.0. The van der Waals surface area contributed by atoms with E-state index < -0.39 is 0 Å². The van der Waals surface area contributed by atoms with Gasteiger partial charge in [-0.3, -0.25) is 9.59 Å². The van der Waals surface area contributed by atoms with Crippen molar-refractivity contribution < 1.29 is 14.9 Å². The molecule has 2 N–H and O–H groups in total. The molecule has 27 heavy (non-hydrogen) atoms. The predicted molar refractivity (Wildman–Crippen MR) is 104 cm³/mol. The smallest absolute Gasteiger partial charge is 0.292 e. The Morgan fingerprint density at radius 1 is 1.00 bits per heavy atom. The molecule has 2 atom stereocenters. The highest BCUT2D eigenvalue weighted by molar-refractivity contribution is 6.21. The Kier molecular flexibility index (Phi) is 3.98. The summed E-state index contributed by atoms with van der Waals surface area (Å²) < 4.78 is 0. The van der Waals surface area contributed by atoms with E-state index in [2.05, 4.69) is 12.2 Å². The molecule has 4 nitrogen and oxygen atoms in total. The molecule has 5 fully saturated rings. The van der Waals surface area contributed by atoms with E-state index in [9.17, 15) is 9.59 Å². The van der Waals surface area contributed by atoms with Crippen molar-refractivity contribution in [3.63, 3.8) is 0 Å². The van der Waals surface area contributed by atoms with Crippen LogP contribution in [0.15, 0.2) is 24.3 Å². The fourth-order valence-corrected chi connectivity index (χ4v) is 7.06. The lowest BCUT2D eigenvalue weighted by Crippen LogP contribution is -2.98. The van der Waals surface area contributed by atoms with Crippen LogP contribution in [0.3, 0.4) is 0 Å². The Hall–Kier alpha value is -1.68. The molecule has 4 bridgehead atoms. The minimum Gasteiger partial charge on any atom is -0.333 e. The maximum Gasteiger partial charge on any atom is 0.292 e. The van der Waals surface area contributed by atoms with Gasteiger partial charge in [0.2, 0.25) is 5.91 Å². The van der Waals surface area contributed by atoms with Crippen molar-refractivity contribution in [1.82, 2.24) is 0 Å². The predicted octanol–water partition coefficient (Wildman–Crippen LogP) is 2.80. The van der Waals surface area contributed by atoms with Gasteiger partial charge in [-0.1, -0.05) is 17.7 Å². The zero-order valence-electron chi connectivity index (χ0n) is 16.5. The Labute approximate surface area is 161 Å². The van der Waals surface area contributed by atoms with Crippen molar-refractivity contribution in [3.8, 4) is 0 Å². The number of hydrogen-bond donors (Lipinski definition) is 1. The second-order valence-electron chi connectivity index (χ2n) is 9.97. The Morgan fingerprint density at radius 2 is 1.56 bits per heavy atom. The van der Waals surface area contributed by atoms with E-state index in [4.69, 9.17) is 0 Å². The van der Waals surface area contributed by atoms with Crippen LogP contribution in [-0.4, -0.2) is 23.9 Å². The Bertz CT molecular complexity index is 734. The average Bonchev–Trinajstić information content (AvgIpc) is 2.88. The highest BCUT2D eigenvalue weighted by atomic mass is 16.2. The van der Waals surface area contributed by atoms with Crippen LogP contribution in [0.25, 0.3) is 0 Å². The molecule has 4 saturated carbocycles. The van der Waals surface area contributed by atoms with Crippen LogP contribution in [0.4, 0.5) is 5.69 Å². The highest BCUT2D eigenvalue weighted by Gasteiger charge is 2.56. The van der Waals surface area contributed by atoms with Crippen molar-refractivity contribution in [1.29, 1.82) is 0 Å². The van der Waals surface area contributed by atoms with Gasteiger partial charge in [-0.25, -0.2) is 4.90 Å². The lowest BCUT2D eigenvalue weighted by Gasteiger charge is -2.58. The van der Waals surface area contributed by atoms with Crippen molar-refractivity contribution in [2.45, 2.75) is 70.9 Å². The van der Waals surface area contributed by atoms with E-state index in [1.807, 2.05) is 31.2 Å². The van der Waals surface area contributed by atoms with Gasteiger partial charge in [-0.05, 0) is 82.3 Å². The van der Waals surface area contributed by atoms with E-state index in [0.717, 1.165) is 23.3 Å². The summed E-state index contributed by atoms with van der Waals surface area (Å²) in [6, 6.07) is 7.87. The fourth-order valence-electron chi connectivity index (χ4n) is 7.06. The standard InChI is InChI=1S/C23H30N2O2/c1-14-3-5-19(6-4-14)25-21(26)10-20(22(25)27)24-15(2)23-11-16-7-17(12-23)9-18(8-16)13-23/h3-6,15-18,20,24H,7-13H2,1-2H3/p+1/t15-,16?,17?,18?,20-,23?/m1/s1. The summed E-state index contributed by atoms with van der Waals surface area (Å²) in [6.45, 7) is 4.33. The summed E-state index contributed by atoms with van der Waals surface area (Å²) in [5.74, 6) is 2.66. The molecule has 4 heteroatoms.